The third-order valence-corrected chi connectivity index (χ3v) is 4.61. The Hall–Kier alpha value is -1.02. The van der Waals surface area contributed by atoms with E-state index in [1.807, 2.05) is 12.1 Å². The van der Waals surface area contributed by atoms with Gasteiger partial charge < -0.3 is 10.2 Å². The number of aliphatic hydroxyl groups excluding tert-OH is 1. The van der Waals surface area contributed by atoms with E-state index in [-0.39, 0.29) is 6.10 Å². The van der Waals surface area contributed by atoms with Crippen molar-refractivity contribution < 1.29 is 10.2 Å². The van der Waals surface area contributed by atoms with Crippen molar-refractivity contribution in [2.24, 2.45) is 5.92 Å². The molecule has 0 aromatic heterocycles. The fraction of sp³-hybridized carbons (Fsp3) is 0.700. The van der Waals surface area contributed by atoms with Crippen LogP contribution in [0.2, 0.25) is 0 Å². The van der Waals surface area contributed by atoms with Gasteiger partial charge in [-0.15, -0.1) is 0 Å². The van der Waals surface area contributed by atoms with Crippen molar-refractivity contribution in [1.82, 2.24) is 0 Å². The molecule has 1 aromatic carbocycles. The smallest absolute Gasteiger partial charge is 0.119 e. The molecule has 1 unspecified atom stereocenters. The lowest BCUT2D eigenvalue weighted by Crippen LogP contribution is -2.07. The highest BCUT2D eigenvalue weighted by Crippen LogP contribution is 2.34. The van der Waals surface area contributed by atoms with Gasteiger partial charge in [-0.2, -0.15) is 0 Å². The monoisotopic (exact) mass is 306 g/mol. The molecule has 0 saturated heterocycles. The van der Waals surface area contributed by atoms with Gasteiger partial charge in [0, 0.05) is 0 Å². The number of rotatable bonds is 7. The Balaban J connectivity index is 0.000000235. The molecule has 0 heterocycles. The molecular weight excluding hydrogens is 272 g/mol. The molecule has 22 heavy (non-hydrogen) atoms. The summed E-state index contributed by atoms with van der Waals surface area (Å²) in [4.78, 5) is 0. The highest BCUT2D eigenvalue weighted by molar-refractivity contribution is 5.44. The standard InChI is InChI=1S/C12H18O.C8H16O/c1-4-9-7-8-12(13)11(6-3)10(9)5-2;1-2-3-4-8(9)7-5-6-7/h7-8,13H,4-6H2,1-3H3;7-9H,2-6H2,1H3. The molecular formula is C20H34O2. The van der Waals surface area contributed by atoms with Crippen molar-refractivity contribution >= 4 is 0 Å². The number of benzene rings is 1. The summed E-state index contributed by atoms with van der Waals surface area (Å²) < 4.78 is 0. The lowest BCUT2D eigenvalue weighted by Gasteiger charge is -2.12. The topological polar surface area (TPSA) is 40.5 Å². The molecule has 2 heteroatoms. The van der Waals surface area contributed by atoms with Gasteiger partial charge in [0.25, 0.3) is 0 Å². The van der Waals surface area contributed by atoms with Crippen molar-refractivity contribution in [2.75, 3.05) is 0 Å². The summed E-state index contributed by atoms with van der Waals surface area (Å²) in [6.45, 7) is 8.56. The zero-order valence-corrected chi connectivity index (χ0v) is 14.9. The number of phenols is 1. The molecule has 1 atom stereocenters. The van der Waals surface area contributed by atoms with Crippen molar-refractivity contribution in [3.05, 3.63) is 28.8 Å². The highest BCUT2D eigenvalue weighted by Gasteiger charge is 2.28. The average Bonchev–Trinajstić information content (AvgIpc) is 3.37. The Bertz CT molecular complexity index is 436. The van der Waals surface area contributed by atoms with E-state index in [1.54, 1.807) is 0 Å². The largest absolute Gasteiger partial charge is 0.508 e. The van der Waals surface area contributed by atoms with Gasteiger partial charge in [0.15, 0.2) is 0 Å². The van der Waals surface area contributed by atoms with Crippen LogP contribution < -0.4 is 0 Å². The van der Waals surface area contributed by atoms with E-state index >= 15 is 0 Å². The van der Waals surface area contributed by atoms with Gasteiger partial charge in [-0.1, -0.05) is 46.6 Å². The van der Waals surface area contributed by atoms with Gasteiger partial charge >= 0.3 is 0 Å². The number of unbranched alkanes of at least 4 members (excludes halogenated alkanes) is 1. The minimum absolute atomic E-state index is 0.0324. The molecule has 0 spiro atoms. The van der Waals surface area contributed by atoms with Gasteiger partial charge in [-0.25, -0.2) is 0 Å². The van der Waals surface area contributed by atoms with Crippen LogP contribution >= 0.6 is 0 Å². The van der Waals surface area contributed by atoms with Gasteiger partial charge in [0.05, 0.1) is 6.10 Å². The lowest BCUT2D eigenvalue weighted by molar-refractivity contribution is 0.138. The minimum Gasteiger partial charge on any atom is -0.508 e. The fourth-order valence-electron chi connectivity index (χ4n) is 3.03. The van der Waals surface area contributed by atoms with Crippen LogP contribution in [0.5, 0.6) is 5.75 Å². The van der Waals surface area contributed by atoms with E-state index in [0.29, 0.717) is 11.7 Å². The van der Waals surface area contributed by atoms with Gasteiger partial charge in [-0.05, 0) is 67.2 Å². The maximum Gasteiger partial charge on any atom is 0.119 e. The molecule has 2 nitrogen and oxygen atoms in total. The number of phenolic OH excluding ortho intramolecular Hbond substituents is 1. The zero-order valence-electron chi connectivity index (χ0n) is 14.9. The molecule has 1 aromatic rings. The van der Waals surface area contributed by atoms with Gasteiger partial charge in [0.1, 0.15) is 5.75 Å². The van der Waals surface area contributed by atoms with Crippen LogP contribution in [-0.4, -0.2) is 16.3 Å². The molecule has 0 amide bonds. The second-order valence-corrected chi connectivity index (χ2v) is 6.31. The zero-order chi connectivity index (χ0) is 16.5. The van der Waals surface area contributed by atoms with Gasteiger partial charge in [0.2, 0.25) is 0 Å². The van der Waals surface area contributed by atoms with Crippen LogP contribution in [0.4, 0.5) is 0 Å². The normalized spacial score (nSPS) is 15.1. The van der Waals surface area contributed by atoms with Crippen LogP contribution in [-0.2, 0) is 19.3 Å². The molecule has 2 N–H and O–H groups in total. The Morgan fingerprint density at radius 2 is 1.64 bits per heavy atom. The van der Waals surface area contributed by atoms with Crippen LogP contribution in [0, 0.1) is 5.92 Å². The molecule has 0 bridgehead atoms. The first-order valence-electron chi connectivity index (χ1n) is 9.09. The second-order valence-electron chi connectivity index (χ2n) is 6.31. The minimum atomic E-state index is 0.0324. The van der Waals surface area contributed by atoms with Crippen molar-refractivity contribution in [3.8, 4) is 5.75 Å². The molecule has 1 fully saturated rings. The average molecular weight is 306 g/mol. The van der Waals surface area contributed by atoms with Crippen LogP contribution in [0.25, 0.3) is 0 Å². The maximum atomic E-state index is 9.64. The second kappa shape index (κ2) is 9.89. The Morgan fingerprint density at radius 3 is 2.09 bits per heavy atom. The Kier molecular flexibility index (Phi) is 8.55. The SMILES string of the molecule is CCCCC(O)C1CC1.CCc1ccc(O)c(CC)c1CC. The maximum absolute atomic E-state index is 9.64. The van der Waals surface area contributed by atoms with Gasteiger partial charge in [-0.3, -0.25) is 0 Å². The Morgan fingerprint density at radius 1 is 1.00 bits per heavy atom. The number of hydrogen-bond acceptors (Lipinski definition) is 2. The summed E-state index contributed by atoms with van der Waals surface area (Å²) >= 11 is 0. The van der Waals surface area contributed by atoms with E-state index in [1.165, 1.54) is 36.8 Å². The lowest BCUT2D eigenvalue weighted by atomic mass is 9.95. The summed E-state index contributed by atoms with van der Waals surface area (Å²) in [6, 6.07) is 3.85. The van der Waals surface area contributed by atoms with E-state index in [4.69, 9.17) is 0 Å². The molecule has 1 aliphatic rings. The predicted octanol–water partition coefficient (Wildman–Crippen LogP) is 5.03. The third kappa shape index (κ3) is 5.64. The molecule has 0 radical (unpaired) electrons. The fourth-order valence-corrected chi connectivity index (χ4v) is 3.03. The predicted molar refractivity (Wildman–Crippen MR) is 94.5 cm³/mol. The Labute approximate surface area is 136 Å². The molecule has 2 rings (SSSR count). The molecule has 1 saturated carbocycles. The first kappa shape index (κ1) is 19.0. The first-order valence-corrected chi connectivity index (χ1v) is 9.09. The van der Waals surface area contributed by atoms with Crippen LogP contribution in [0.3, 0.4) is 0 Å². The summed E-state index contributed by atoms with van der Waals surface area (Å²) in [5.41, 5.74) is 3.84. The van der Waals surface area contributed by atoms with E-state index in [2.05, 4.69) is 27.7 Å². The first-order chi connectivity index (χ1) is 10.6. The number of hydrogen-bond donors (Lipinski definition) is 2. The highest BCUT2D eigenvalue weighted by atomic mass is 16.3. The number of aryl methyl sites for hydroxylation is 1. The van der Waals surface area contributed by atoms with E-state index < -0.39 is 0 Å². The third-order valence-electron chi connectivity index (χ3n) is 4.61. The molecule has 0 aliphatic heterocycles. The quantitative estimate of drug-likeness (QED) is 0.742. The number of aliphatic hydroxyl groups is 1. The summed E-state index contributed by atoms with van der Waals surface area (Å²) in [7, 11) is 0. The summed E-state index contributed by atoms with van der Waals surface area (Å²) in [5.74, 6) is 1.13. The van der Waals surface area contributed by atoms with Crippen molar-refractivity contribution in [3.63, 3.8) is 0 Å². The van der Waals surface area contributed by atoms with Crippen molar-refractivity contribution in [1.29, 1.82) is 0 Å². The number of aromatic hydroxyl groups is 1. The van der Waals surface area contributed by atoms with Crippen molar-refractivity contribution in [2.45, 2.75) is 85.2 Å². The molecule has 1 aliphatic carbocycles. The van der Waals surface area contributed by atoms with E-state index in [9.17, 15) is 10.2 Å². The van der Waals surface area contributed by atoms with Crippen LogP contribution in [0.1, 0.15) is 76.5 Å². The molecule has 126 valence electrons. The van der Waals surface area contributed by atoms with Crippen LogP contribution in [0.15, 0.2) is 12.1 Å². The summed E-state index contributed by atoms with van der Waals surface area (Å²) in [5, 5.41) is 19.0. The van der Waals surface area contributed by atoms with E-state index in [0.717, 1.165) is 31.2 Å². The summed E-state index contributed by atoms with van der Waals surface area (Å²) in [6.07, 6.45) is 8.99.